The largest absolute Gasteiger partial charge is 0.480 e. The second-order valence-corrected chi connectivity index (χ2v) is 6.14. The van der Waals surface area contributed by atoms with Gasteiger partial charge in [0.05, 0.1) is 5.60 Å². The van der Waals surface area contributed by atoms with E-state index in [1.54, 1.807) is 6.92 Å². The number of aliphatic hydroxyl groups is 1. The van der Waals surface area contributed by atoms with Crippen molar-refractivity contribution in [1.29, 1.82) is 0 Å². The van der Waals surface area contributed by atoms with E-state index in [4.69, 9.17) is 0 Å². The second-order valence-electron chi connectivity index (χ2n) is 6.14. The van der Waals surface area contributed by atoms with E-state index in [0.717, 1.165) is 19.4 Å². The van der Waals surface area contributed by atoms with Gasteiger partial charge < -0.3 is 10.2 Å². The smallest absolute Gasteiger partial charge is 0.320 e. The minimum Gasteiger partial charge on any atom is -0.480 e. The molecule has 0 aromatic heterocycles. The van der Waals surface area contributed by atoms with E-state index >= 15 is 0 Å². The van der Waals surface area contributed by atoms with Gasteiger partial charge in [-0.1, -0.05) is 27.2 Å². The highest BCUT2D eigenvalue weighted by Gasteiger charge is 2.37. The van der Waals surface area contributed by atoms with Gasteiger partial charge in [-0.3, -0.25) is 9.69 Å². The first-order chi connectivity index (χ1) is 8.27. The highest BCUT2D eigenvalue weighted by molar-refractivity contribution is 5.73. The van der Waals surface area contributed by atoms with Crippen molar-refractivity contribution < 1.29 is 15.0 Å². The van der Waals surface area contributed by atoms with Gasteiger partial charge in [0.1, 0.15) is 6.04 Å². The summed E-state index contributed by atoms with van der Waals surface area (Å²) in [5.74, 6) is -0.130. The molecular formula is C14H27NO3. The molecule has 106 valence electrons. The van der Waals surface area contributed by atoms with Crippen LogP contribution in [0.1, 0.15) is 47.0 Å². The molecule has 0 amide bonds. The van der Waals surface area contributed by atoms with Crippen molar-refractivity contribution >= 4 is 5.97 Å². The van der Waals surface area contributed by atoms with Gasteiger partial charge in [0, 0.05) is 6.54 Å². The Kier molecular flexibility index (Phi) is 5.17. The van der Waals surface area contributed by atoms with Crippen molar-refractivity contribution in [2.45, 2.75) is 58.6 Å². The zero-order valence-electron chi connectivity index (χ0n) is 12.0. The molecule has 1 saturated heterocycles. The molecule has 0 spiro atoms. The summed E-state index contributed by atoms with van der Waals surface area (Å²) in [6.07, 6.45) is 2.78. The molecule has 1 fully saturated rings. The predicted molar refractivity (Wildman–Crippen MR) is 71.5 cm³/mol. The van der Waals surface area contributed by atoms with Crippen molar-refractivity contribution in [1.82, 2.24) is 4.90 Å². The topological polar surface area (TPSA) is 60.8 Å². The molecule has 1 rings (SSSR count). The van der Waals surface area contributed by atoms with Crippen LogP contribution in [0.2, 0.25) is 0 Å². The fraction of sp³-hybridized carbons (Fsp3) is 0.929. The summed E-state index contributed by atoms with van der Waals surface area (Å²) in [6, 6.07) is -0.436. The van der Waals surface area contributed by atoms with Crippen LogP contribution in [0.15, 0.2) is 0 Å². The summed E-state index contributed by atoms with van der Waals surface area (Å²) in [5, 5.41) is 19.7. The summed E-state index contributed by atoms with van der Waals surface area (Å²) in [6.45, 7) is 9.06. The quantitative estimate of drug-likeness (QED) is 0.790. The minimum atomic E-state index is -0.827. The van der Waals surface area contributed by atoms with E-state index in [1.165, 1.54) is 0 Å². The number of carbonyl (C=O) groups is 1. The van der Waals surface area contributed by atoms with Crippen LogP contribution < -0.4 is 0 Å². The van der Waals surface area contributed by atoms with E-state index in [-0.39, 0.29) is 5.92 Å². The Morgan fingerprint density at radius 2 is 2.11 bits per heavy atom. The molecule has 3 atom stereocenters. The molecule has 2 N–H and O–H groups in total. The van der Waals surface area contributed by atoms with E-state index in [0.29, 0.717) is 18.9 Å². The first-order valence-electron chi connectivity index (χ1n) is 6.97. The zero-order valence-corrected chi connectivity index (χ0v) is 12.0. The maximum atomic E-state index is 11.4. The first-order valence-corrected chi connectivity index (χ1v) is 6.97. The number of piperidine rings is 1. The van der Waals surface area contributed by atoms with Gasteiger partial charge in [-0.15, -0.1) is 0 Å². The van der Waals surface area contributed by atoms with E-state index < -0.39 is 17.6 Å². The summed E-state index contributed by atoms with van der Waals surface area (Å²) in [4.78, 5) is 13.3. The summed E-state index contributed by atoms with van der Waals surface area (Å²) in [7, 11) is 0. The lowest BCUT2D eigenvalue weighted by molar-refractivity contribution is -0.147. The van der Waals surface area contributed by atoms with Crippen LogP contribution in [0.3, 0.4) is 0 Å². The maximum absolute atomic E-state index is 11.4. The molecule has 18 heavy (non-hydrogen) atoms. The Labute approximate surface area is 110 Å². The lowest BCUT2D eigenvalue weighted by Gasteiger charge is -2.41. The molecule has 4 heteroatoms. The summed E-state index contributed by atoms with van der Waals surface area (Å²) < 4.78 is 0. The molecule has 4 nitrogen and oxygen atoms in total. The Morgan fingerprint density at radius 3 is 2.56 bits per heavy atom. The molecule has 0 aromatic carbocycles. The van der Waals surface area contributed by atoms with Crippen LogP contribution in [0, 0.1) is 11.8 Å². The third-order valence-corrected chi connectivity index (χ3v) is 4.45. The number of hydrogen-bond donors (Lipinski definition) is 2. The average Bonchev–Trinajstić information content (AvgIpc) is 2.28. The number of likely N-dealkylation sites (tertiary alicyclic amines) is 1. The monoisotopic (exact) mass is 257 g/mol. The van der Waals surface area contributed by atoms with Crippen LogP contribution in [-0.2, 0) is 4.79 Å². The van der Waals surface area contributed by atoms with Crippen LogP contribution in [0.5, 0.6) is 0 Å². The Morgan fingerprint density at radius 1 is 1.50 bits per heavy atom. The van der Waals surface area contributed by atoms with Gasteiger partial charge in [0.25, 0.3) is 0 Å². The Balaban J connectivity index is 2.72. The number of β-amino-alcohol motifs (C(OH)–C–C–N with tert-alkyl or cyclic N) is 1. The SMILES string of the molecule is CCC1CCN(CC(C)(O)C(C)C)C(C(=O)O)C1. The highest BCUT2D eigenvalue weighted by Crippen LogP contribution is 2.28. The van der Waals surface area contributed by atoms with Crippen molar-refractivity contribution in [2.24, 2.45) is 11.8 Å². The van der Waals surface area contributed by atoms with E-state index in [9.17, 15) is 15.0 Å². The Bertz CT molecular complexity index is 289. The number of nitrogens with zero attached hydrogens (tertiary/aromatic N) is 1. The molecule has 1 heterocycles. The molecule has 1 aliphatic rings. The van der Waals surface area contributed by atoms with E-state index in [1.807, 2.05) is 18.7 Å². The molecule has 0 aliphatic carbocycles. The standard InChI is InChI=1S/C14H27NO3/c1-5-11-6-7-15(12(8-11)13(16)17)9-14(4,18)10(2)3/h10-12,18H,5-9H2,1-4H3,(H,16,17). The molecular weight excluding hydrogens is 230 g/mol. The zero-order chi connectivity index (χ0) is 13.9. The number of carboxylic acids is 1. The third-order valence-electron chi connectivity index (χ3n) is 4.45. The maximum Gasteiger partial charge on any atom is 0.320 e. The summed E-state index contributed by atoms with van der Waals surface area (Å²) >= 11 is 0. The predicted octanol–water partition coefficient (Wildman–Crippen LogP) is 1.97. The molecule has 1 aliphatic heterocycles. The first kappa shape index (κ1) is 15.4. The molecule has 0 saturated carbocycles. The van der Waals surface area contributed by atoms with Crippen molar-refractivity contribution in [3.05, 3.63) is 0 Å². The van der Waals surface area contributed by atoms with Gasteiger partial charge in [0.2, 0.25) is 0 Å². The fourth-order valence-corrected chi connectivity index (χ4v) is 2.50. The average molecular weight is 257 g/mol. The molecule has 3 unspecified atom stereocenters. The molecule has 0 bridgehead atoms. The lowest BCUT2D eigenvalue weighted by Crippen LogP contribution is -2.54. The minimum absolute atomic E-state index is 0.121. The van der Waals surface area contributed by atoms with E-state index in [2.05, 4.69) is 6.92 Å². The summed E-state index contributed by atoms with van der Waals surface area (Å²) in [5.41, 5.74) is -0.827. The van der Waals surface area contributed by atoms with Gasteiger partial charge >= 0.3 is 5.97 Å². The number of aliphatic carboxylic acids is 1. The highest BCUT2D eigenvalue weighted by atomic mass is 16.4. The Hall–Kier alpha value is -0.610. The fourth-order valence-electron chi connectivity index (χ4n) is 2.50. The van der Waals surface area contributed by atoms with Crippen LogP contribution in [-0.4, -0.2) is 45.8 Å². The number of rotatable bonds is 5. The van der Waals surface area contributed by atoms with Crippen LogP contribution >= 0.6 is 0 Å². The van der Waals surface area contributed by atoms with Crippen LogP contribution in [0.4, 0.5) is 0 Å². The normalized spacial score (nSPS) is 29.2. The third kappa shape index (κ3) is 3.69. The number of hydrogen-bond acceptors (Lipinski definition) is 3. The molecule has 0 radical (unpaired) electrons. The van der Waals surface area contributed by atoms with Gasteiger partial charge in [0.15, 0.2) is 0 Å². The number of carboxylic acid groups (broad SMARTS) is 1. The lowest BCUT2D eigenvalue weighted by atomic mass is 9.86. The van der Waals surface area contributed by atoms with Gasteiger partial charge in [-0.05, 0) is 38.1 Å². The van der Waals surface area contributed by atoms with Gasteiger partial charge in [-0.2, -0.15) is 0 Å². The molecule has 0 aromatic rings. The van der Waals surface area contributed by atoms with Crippen molar-refractivity contribution in [2.75, 3.05) is 13.1 Å². The van der Waals surface area contributed by atoms with Crippen molar-refractivity contribution in [3.8, 4) is 0 Å². The van der Waals surface area contributed by atoms with Crippen LogP contribution in [0.25, 0.3) is 0 Å². The second kappa shape index (κ2) is 6.02. The van der Waals surface area contributed by atoms with Gasteiger partial charge in [-0.25, -0.2) is 0 Å². The van der Waals surface area contributed by atoms with Crippen molar-refractivity contribution in [3.63, 3.8) is 0 Å².